The number of halogens is 3. The SMILES string of the molecule is CC1CC(C)(C)CC1(O)c1ccc(Br)c(Cl)c1F. The van der Waals surface area contributed by atoms with Crippen molar-refractivity contribution in [3.8, 4) is 0 Å². The fraction of sp³-hybridized carbons (Fsp3) is 0.571. The fourth-order valence-electron chi connectivity index (χ4n) is 3.19. The van der Waals surface area contributed by atoms with Crippen molar-refractivity contribution in [3.63, 3.8) is 0 Å². The van der Waals surface area contributed by atoms with Crippen molar-refractivity contribution >= 4 is 27.5 Å². The van der Waals surface area contributed by atoms with E-state index in [1.54, 1.807) is 12.1 Å². The van der Waals surface area contributed by atoms with E-state index in [2.05, 4.69) is 29.8 Å². The van der Waals surface area contributed by atoms with Crippen LogP contribution in [0, 0.1) is 17.2 Å². The average Bonchev–Trinajstić information content (AvgIpc) is 2.44. The number of rotatable bonds is 1. The first-order valence-corrected chi connectivity index (χ1v) is 7.21. The minimum absolute atomic E-state index is 0.0132. The van der Waals surface area contributed by atoms with Crippen molar-refractivity contribution in [2.75, 3.05) is 0 Å². The minimum Gasteiger partial charge on any atom is -0.385 e. The Morgan fingerprint density at radius 2 is 2.06 bits per heavy atom. The van der Waals surface area contributed by atoms with E-state index in [0.29, 0.717) is 16.5 Å². The van der Waals surface area contributed by atoms with Crippen LogP contribution in [0.3, 0.4) is 0 Å². The third-order valence-corrected chi connectivity index (χ3v) is 5.18. The van der Waals surface area contributed by atoms with E-state index in [0.717, 1.165) is 6.42 Å². The molecule has 0 aliphatic heterocycles. The van der Waals surface area contributed by atoms with Crippen molar-refractivity contribution in [3.05, 3.63) is 33.0 Å². The fourth-order valence-corrected chi connectivity index (χ4v) is 3.67. The third-order valence-electron chi connectivity index (χ3n) is 3.92. The first kappa shape index (κ1) is 14.3. The molecule has 2 rings (SSSR count). The maximum absolute atomic E-state index is 14.3. The van der Waals surface area contributed by atoms with E-state index >= 15 is 0 Å². The van der Waals surface area contributed by atoms with Crippen molar-refractivity contribution in [1.82, 2.24) is 0 Å². The van der Waals surface area contributed by atoms with E-state index in [1.165, 1.54) is 0 Å². The van der Waals surface area contributed by atoms with Gasteiger partial charge >= 0.3 is 0 Å². The third kappa shape index (κ3) is 2.21. The molecule has 18 heavy (non-hydrogen) atoms. The van der Waals surface area contributed by atoms with Gasteiger partial charge in [-0.25, -0.2) is 4.39 Å². The molecule has 1 aliphatic carbocycles. The topological polar surface area (TPSA) is 20.2 Å². The van der Waals surface area contributed by atoms with Gasteiger partial charge in [-0.15, -0.1) is 0 Å². The van der Waals surface area contributed by atoms with Gasteiger partial charge in [0.05, 0.1) is 10.6 Å². The molecule has 2 unspecified atom stereocenters. The highest BCUT2D eigenvalue weighted by Gasteiger charge is 2.49. The molecule has 1 N–H and O–H groups in total. The van der Waals surface area contributed by atoms with Crippen LogP contribution < -0.4 is 0 Å². The molecule has 2 atom stereocenters. The van der Waals surface area contributed by atoms with Gasteiger partial charge in [-0.2, -0.15) is 0 Å². The molecular weight excluding hydrogens is 319 g/mol. The summed E-state index contributed by atoms with van der Waals surface area (Å²) < 4.78 is 14.8. The summed E-state index contributed by atoms with van der Waals surface area (Å²) in [5.41, 5.74) is -0.799. The van der Waals surface area contributed by atoms with Crippen LogP contribution in [0.2, 0.25) is 5.02 Å². The molecule has 100 valence electrons. The van der Waals surface area contributed by atoms with Crippen LogP contribution in [0.5, 0.6) is 0 Å². The highest BCUT2D eigenvalue weighted by Crippen LogP contribution is 2.53. The molecule has 0 amide bonds. The summed E-state index contributed by atoms with van der Waals surface area (Å²) in [5, 5.41) is 10.9. The maximum Gasteiger partial charge on any atom is 0.149 e. The van der Waals surface area contributed by atoms with Crippen molar-refractivity contribution in [2.24, 2.45) is 11.3 Å². The summed E-state index contributed by atoms with van der Waals surface area (Å²) in [6, 6.07) is 3.32. The van der Waals surface area contributed by atoms with Gasteiger partial charge in [0.25, 0.3) is 0 Å². The standard InChI is InChI=1S/C14H17BrClFO/c1-8-6-13(2,3)7-14(8,18)9-4-5-10(15)11(16)12(9)17/h4-5,8,18H,6-7H2,1-3H3. The zero-order valence-electron chi connectivity index (χ0n) is 10.7. The molecule has 1 aromatic carbocycles. The molecular formula is C14H17BrClFO. The second-order valence-electron chi connectivity index (χ2n) is 6.09. The first-order chi connectivity index (χ1) is 8.17. The summed E-state index contributed by atoms with van der Waals surface area (Å²) in [5.74, 6) is -0.502. The van der Waals surface area contributed by atoms with Gasteiger partial charge in [0.1, 0.15) is 5.82 Å². The van der Waals surface area contributed by atoms with E-state index in [4.69, 9.17) is 11.6 Å². The molecule has 1 saturated carbocycles. The van der Waals surface area contributed by atoms with Gasteiger partial charge in [0.2, 0.25) is 0 Å². The molecule has 0 aromatic heterocycles. The van der Waals surface area contributed by atoms with Crippen LogP contribution >= 0.6 is 27.5 Å². The molecule has 0 heterocycles. The Morgan fingerprint density at radius 3 is 2.56 bits per heavy atom. The van der Waals surface area contributed by atoms with Crippen LogP contribution in [0.1, 0.15) is 39.2 Å². The van der Waals surface area contributed by atoms with E-state index in [9.17, 15) is 9.50 Å². The Hall–Kier alpha value is -0.120. The number of benzene rings is 1. The molecule has 0 saturated heterocycles. The highest BCUT2D eigenvalue weighted by molar-refractivity contribution is 9.10. The summed E-state index contributed by atoms with van der Waals surface area (Å²) in [6.07, 6.45) is 1.42. The number of aliphatic hydroxyl groups is 1. The molecule has 0 spiro atoms. The second kappa shape index (κ2) is 4.46. The largest absolute Gasteiger partial charge is 0.385 e. The van der Waals surface area contributed by atoms with Crippen LogP contribution in [-0.4, -0.2) is 5.11 Å². The van der Waals surface area contributed by atoms with E-state index < -0.39 is 11.4 Å². The lowest BCUT2D eigenvalue weighted by atomic mass is 9.83. The Kier molecular flexibility index (Phi) is 3.54. The zero-order valence-corrected chi connectivity index (χ0v) is 13.1. The minimum atomic E-state index is -1.13. The smallest absolute Gasteiger partial charge is 0.149 e. The Bertz CT molecular complexity index is 489. The van der Waals surface area contributed by atoms with Crippen LogP contribution in [-0.2, 0) is 5.60 Å². The van der Waals surface area contributed by atoms with Gasteiger partial charge in [-0.1, -0.05) is 38.4 Å². The van der Waals surface area contributed by atoms with Gasteiger partial charge in [-0.3, -0.25) is 0 Å². The molecule has 0 bridgehead atoms. The van der Waals surface area contributed by atoms with Gasteiger partial charge in [0, 0.05) is 10.0 Å². The van der Waals surface area contributed by atoms with E-state index in [1.807, 2.05) is 6.92 Å². The van der Waals surface area contributed by atoms with Gasteiger partial charge in [0.15, 0.2) is 0 Å². The Labute approximate surface area is 120 Å². The molecule has 1 fully saturated rings. The van der Waals surface area contributed by atoms with Gasteiger partial charge in [-0.05, 0) is 46.2 Å². The van der Waals surface area contributed by atoms with Crippen molar-refractivity contribution < 1.29 is 9.50 Å². The molecule has 1 nitrogen and oxygen atoms in total. The summed E-state index contributed by atoms with van der Waals surface area (Å²) >= 11 is 9.10. The van der Waals surface area contributed by atoms with E-state index in [-0.39, 0.29) is 16.4 Å². The summed E-state index contributed by atoms with van der Waals surface area (Å²) in [6.45, 7) is 6.16. The Morgan fingerprint density at radius 1 is 1.44 bits per heavy atom. The molecule has 4 heteroatoms. The number of hydrogen-bond donors (Lipinski definition) is 1. The first-order valence-electron chi connectivity index (χ1n) is 6.04. The quantitative estimate of drug-likeness (QED) is 0.725. The normalized spacial score (nSPS) is 30.7. The second-order valence-corrected chi connectivity index (χ2v) is 7.33. The predicted octanol–water partition coefficient (Wildman–Crippen LogP) is 4.89. The molecule has 1 aromatic rings. The molecule has 0 radical (unpaired) electrons. The van der Waals surface area contributed by atoms with Crippen LogP contribution in [0.4, 0.5) is 4.39 Å². The maximum atomic E-state index is 14.3. The monoisotopic (exact) mass is 334 g/mol. The lowest BCUT2D eigenvalue weighted by Gasteiger charge is -2.30. The predicted molar refractivity (Wildman–Crippen MR) is 75.2 cm³/mol. The van der Waals surface area contributed by atoms with Crippen molar-refractivity contribution in [2.45, 2.75) is 39.2 Å². The lowest BCUT2D eigenvalue weighted by molar-refractivity contribution is -0.00406. The highest BCUT2D eigenvalue weighted by atomic mass is 79.9. The molecule has 1 aliphatic rings. The summed E-state index contributed by atoms with van der Waals surface area (Å²) in [7, 11) is 0. The van der Waals surface area contributed by atoms with Crippen LogP contribution in [0.25, 0.3) is 0 Å². The van der Waals surface area contributed by atoms with Crippen molar-refractivity contribution in [1.29, 1.82) is 0 Å². The summed E-state index contributed by atoms with van der Waals surface area (Å²) in [4.78, 5) is 0. The zero-order chi connectivity index (χ0) is 13.7. The lowest BCUT2D eigenvalue weighted by Crippen LogP contribution is -2.30. The van der Waals surface area contributed by atoms with Crippen LogP contribution in [0.15, 0.2) is 16.6 Å². The Balaban J connectivity index is 2.52. The average molecular weight is 336 g/mol. The number of hydrogen-bond acceptors (Lipinski definition) is 1. The van der Waals surface area contributed by atoms with Gasteiger partial charge < -0.3 is 5.11 Å².